The van der Waals surface area contributed by atoms with Crippen molar-refractivity contribution in [1.29, 1.82) is 0 Å². The maximum Gasteiger partial charge on any atom is 0.240 e. The Kier molecular flexibility index (Phi) is 5.44. The van der Waals surface area contributed by atoms with Gasteiger partial charge in [0.15, 0.2) is 5.78 Å². The summed E-state index contributed by atoms with van der Waals surface area (Å²) in [5.41, 5.74) is 0.870. The first-order chi connectivity index (χ1) is 10.7. The van der Waals surface area contributed by atoms with Crippen LogP contribution < -0.4 is 10.0 Å². The number of ketones is 1. The summed E-state index contributed by atoms with van der Waals surface area (Å²) >= 11 is 0. The highest BCUT2D eigenvalue weighted by atomic mass is 32.2. The van der Waals surface area contributed by atoms with Crippen LogP contribution >= 0.6 is 0 Å². The third kappa shape index (κ3) is 4.10. The number of carbonyl (C=O) groups is 1. The number of anilines is 1. The number of sulfonamides is 1. The third-order valence-corrected chi connectivity index (χ3v) is 5.15. The molecular formula is C16H24N2O4S. The van der Waals surface area contributed by atoms with E-state index in [1.807, 2.05) is 4.90 Å². The lowest BCUT2D eigenvalue weighted by Gasteiger charge is -2.29. The van der Waals surface area contributed by atoms with Crippen LogP contribution in [-0.4, -0.2) is 38.0 Å². The molecule has 0 amide bonds. The molecule has 1 saturated heterocycles. The van der Waals surface area contributed by atoms with Crippen molar-refractivity contribution in [1.82, 2.24) is 0 Å². The Balaban J connectivity index is 2.47. The molecule has 128 valence electrons. The van der Waals surface area contributed by atoms with E-state index in [2.05, 4.69) is 0 Å². The van der Waals surface area contributed by atoms with E-state index in [4.69, 9.17) is 5.14 Å². The number of benzene rings is 1. The summed E-state index contributed by atoms with van der Waals surface area (Å²) in [6.07, 6.45) is 2.23. The Bertz CT molecular complexity index is 685. The van der Waals surface area contributed by atoms with E-state index in [0.717, 1.165) is 12.8 Å². The molecule has 0 bridgehead atoms. The van der Waals surface area contributed by atoms with Gasteiger partial charge in [-0.1, -0.05) is 6.92 Å². The van der Waals surface area contributed by atoms with Crippen LogP contribution in [0.3, 0.4) is 0 Å². The summed E-state index contributed by atoms with van der Waals surface area (Å²) in [5, 5.41) is 15.0. The van der Waals surface area contributed by atoms with Crippen LogP contribution in [0.2, 0.25) is 0 Å². The maximum atomic E-state index is 12.0. The van der Waals surface area contributed by atoms with Gasteiger partial charge in [0.25, 0.3) is 0 Å². The normalized spacial score (nSPS) is 19.8. The van der Waals surface area contributed by atoms with Crippen LogP contribution in [0, 0.1) is 0 Å². The Labute approximate surface area is 137 Å². The number of nitrogens with two attached hydrogens (primary N) is 1. The van der Waals surface area contributed by atoms with E-state index < -0.39 is 16.1 Å². The van der Waals surface area contributed by atoms with Crippen molar-refractivity contribution in [3.63, 3.8) is 0 Å². The van der Waals surface area contributed by atoms with Crippen LogP contribution in [0.4, 0.5) is 5.69 Å². The first-order valence-electron chi connectivity index (χ1n) is 7.88. The van der Waals surface area contributed by atoms with Crippen molar-refractivity contribution in [3.05, 3.63) is 23.8 Å². The summed E-state index contributed by atoms with van der Waals surface area (Å²) in [4.78, 5) is 13.8. The number of rotatable bonds is 6. The zero-order valence-corrected chi connectivity index (χ0v) is 14.3. The number of carbonyl (C=O) groups excluding carboxylic acids is 1. The molecule has 0 radical (unpaired) electrons. The number of hydrogen-bond acceptors (Lipinski definition) is 5. The largest absolute Gasteiger partial charge is 0.393 e. The van der Waals surface area contributed by atoms with E-state index >= 15 is 0 Å². The molecule has 6 nitrogen and oxygen atoms in total. The highest BCUT2D eigenvalue weighted by Gasteiger charge is 2.30. The molecule has 3 N–H and O–H groups in total. The number of hydrogen-bond donors (Lipinski definition) is 2. The highest BCUT2D eigenvalue weighted by molar-refractivity contribution is 7.89. The quantitative estimate of drug-likeness (QED) is 0.767. The number of nitrogens with zero attached hydrogens (tertiary/aromatic N) is 1. The Morgan fingerprint density at radius 2 is 2.17 bits per heavy atom. The van der Waals surface area contributed by atoms with E-state index in [-0.39, 0.29) is 16.7 Å². The van der Waals surface area contributed by atoms with Crippen molar-refractivity contribution in [2.75, 3.05) is 11.4 Å². The highest BCUT2D eigenvalue weighted by Crippen LogP contribution is 2.33. The molecule has 1 fully saturated rings. The van der Waals surface area contributed by atoms with Crippen molar-refractivity contribution >= 4 is 21.5 Å². The van der Waals surface area contributed by atoms with Gasteiger partial charge in [-0.3, -0.25) is 4.79 Å². The second kappa shape index (κ2) is 6.98. The van der Waals surface area contributed by atoms with Crippen molar-refractivity contribution in [3.8, 4) is 0 Å². The van der Waals surface area contributed by atoms with Gasteiger partial charge in [-0.15, -0.1) is 0 Å². The minimum atomic E-state index is -3.94. The summed E-state index contributed by atoms with van der Waals surface area (Å²) in [6, 6.07) is 4.74. The van der Waals surface area contributed by atoms with Crippen LogP contribution in [0.25, 0.3) is 0 Å². The lowest BCUT2D eigenvalue weighted by molar-refractivity contribution is 0.0988. The molecular weight excluding hydrogens is 316 g/mol. The molecule has 0 unspecified atom stereocenters. The number of aliphatic hydroxyl groups is 1. The Morgan fingerprint density at radius 1 is 1.48 bits per heavy atom. The van der Waals surface area contributed by atoms with Gasteiger partial charge in [0.1, 0.15) is 4.90 Å². The molecule has 1 aliphatic rings. The predicted molar refractivity (Wildman–Crippen MR) is 89.1 cm³/mol. The molecule has 0 spiro atoms. The second-order valence-electron chi connectivity index (χ2n) is 6.08. The topological polar surface area (TPSA) is 101 Å². The van der Waals surface area contributed by atoms with Crippen molar-refractivity contribution in [2.45, 2.75) is 56.6 Å². The average Bonchev–Trinajstić information content (AvgIpc) is 2.92. The van der Waals surface area contributed by atoms with Gasteiger partial charge < -0.3 is 10.0 Å². The summed E-state index contributed by atoms with van der Waals surface area (Å²) in [5.74, 6) is -0.122. The van der Waals surface area contributed by atoms with Gasteiger partial charge in [0.05, 0.1) is 11.8 Å². The smallest absolute Gasteiger partial charge is 0.240 e. The van der Waals surface area contributed by atoms with Gasteiger partial charge in [-0.2, -0.15) is 0 Å². The van der Waals surface area contributed by atoms with E-state index in [9.17, 15) is 18.3 Å². The molecule has 1 aromatic rings. The monoisotopic (exact) mass is 340 g/mol. The van der Waals surface area contributed by atoms with Crippen LogP contribution in [0.5, 0.6) is 0 Å². The van der Waals surface area contributed by atoms with Gasteiger partial charge in [-0.25, -0.2) is 13.6 Å². The fraction of sp³-hybridized carbons (Fsp3) is 0.562. The van der Waals surface area contributed by atoms with Crippen LogP contribution in [-0.2, 0) is 10.0 Å². The van der Waals surface area contributed by atoms with Gasteiger partial charge in [-0.05, 0) is 44.4 Å². The molecule has 1 aliphatic heterocycles. The van der Waals surface area contributed by atoms with E-state index in [1.54, 1.807) is 26.0 Å². The molecule has 0 aliphatic carbocycles. The summed E-state index contributed by atoms with van der Waals surface area (Å²) in [6.45, 7) is 4.16. The van der Waals surface area contributed by atoms with E-state index in [1.165, 1.54) is 6.07 Å². The van der Waals surface area contributed by atoms with Gasteiger partial charge in [0.2, 0.25) is 10.0 Å². The van der Waals surface area contributed by atoms with Crippen LogP contribution in [0.1, 0.15) is 49.9 Å². The summed E-state index contributed by atoms with van der Waals surface area (Å²) < 4.78 is 24.0. The zero-order chi connectivity index (χ0) is 17.2. The second-order valence-corrected chi connectivity index (χ2v) is 7.61. The minimum Gasteiger partial charge on any atom is -0.393 e. The molecule has 23 heavy (non-hydrogen) atoms. The van der Waals surface area contributed by atoms with Gasteiger partial charge >= 0.3 is 0 Å². The first-order valence-corrected chi connectivity index (χ1v) is 9.43. The average molecular weight is 340 g/mol. The number of primary sulfonamides is 1. The molecule has 1 aromatic carbocycles. The molecule has 2 rings (SSSR count). The Hall–Kier alpha value is -1.44. The zero-order valence-electron chi connectivity index (χ0n) is 13.5. The number of aliphatic hydroxyl groups excluding tert-OH is 1. The molecule has 0 aromatic heterocycles. The van der Waals surface area contributed by atoms with Crippen molar-refractivity contribution in [2.24, 2.45) is 5.14 Å². The first kappa shape index (κ1) is 17.9. The molecule has 2 atom stereocenters. The lowest BCUT2D eigenvalue weighted by atomic mass is 10.1. The predicted octanol–water partition coefficient (Wildman–Crippen LogP) is 1.67. The minimum absolute atomic E-state index is 0.0192. The molecule has 1 heterocycles. The Morgan fingerprint density at radius 3 is 2.74 bits per heavy atom. The fourth-order valence-electron chi connectivity index (χ4n) is 3.15. The standard InChI is InChI=1S/C16H24N2O4S/c1-3-15(20)12-6-7-14(16(10-12)23(17,21)22)18-8-4-5-13(18)9-11(2)19/h6-7,10-11,13,19H,3-5,8-9H2,1-2H3,(H2,17,21,22)/t11-,13-/m1/s1. The van der Waals surface area contributed by atoms with Gasteiger partial charge in [0, 0.05) is 24.6 Å². The number of Topliss-reactive ketones (excluding diaryl/α,β-unsaturated/α-hetero) is 1. The maximum absolute atomic E-state index is 12.0. The van der Waals surface area contributed by atoms with Crippen molar-refractivity contribution < 1.29 is 18.3 Å². The fourth-order valence-corrected chi connectivity index (χ4v) is 3.92. The third-order valence-electron chi connectivity index (χ3n) is 4.21. The summed E-state index contributed by atoms with van der Waals surface area (Å²) in [7, 11) is -3.94. The van der Waals surface area contributed by atoms with E-state index in [0.29, 0.717) is 30.6 Å². The SMILES string of the molecule is CCC(=O)c1ccc(N2CCC[C@@H]2C[C@@H](C)O)c(S(N)(=O)=O)c1. The molecule has 0 saturated carbocycles. The lowest BCUT2D eigenvalue weighted by Crippen LogP contribution is -2.33. The molecule has 7 heteroatoms. The van der Waals surface area contributed by atoms with Crippen LogP contribution in [0.15, 0.2) is 23.1 Å².